The molecule has 0 saturated carbocycles. The van der Waals surface area contributed by atoms with E-state index >= 15 is 0 Å². The summed E-state index contributed by atoms with van der Waals surface area (Å²) in [6.07, 6.45) is 1.58. The van der Waals surface area contributed by atoms with Crippen LogP contribution in [0.5, 0.6) is 11.5 Å². The summed E-state index contributed by atoms with van der Waals surface area (Å²) in [5.41, 5.74) is 0.455. The van der Waals surface area contributed by atoms with Gasteiger partial charge in [-0.2, -0.15) is 0 Å². The van der Waals surface area contributed by atoms with E-state index in [1.165, 1.54) is 6.07 Å². The summed E-state index contributed by atoms with van der Waals surface area (Å²) in [5, 5.41) is 8.86. The molecule has 1 aromatic rings. The Balaban J connectivity index is 2.41. The van der Waals surface area contributed by atoms with Gasteiger partial charge in [0.05, 0.1) is 13.2 Å². The number of hydrogen-bond donors (Lipinski definition) is 1. The van der Waals surface area contributed by atoms with E-state index in [1.807, 2.05) is 0 Å². The minimum Gasteiger partial charge on any atom is -0.490 e. The number of ether oxygens (including phenoxy) is 2. The third kappa shape index (κ3) is 3.35. The summed E-state index contributed by atoms with van der Waals surface area (Å²) in [6.45, 7) is 1.84. The SMILES string of the molecule is CC(F)(F)c1cc2c(cc1CCCO)OCCCO2. The van der Waals surface area contributed by atoms with Gasteiger partial charge in [0.2, 0.25) is 0 Å². The molecular weight excluding hydrogens is 254 g/mol. The Hall–Kier alpha value is -1.36. The molecule has 106 valence electrons. The monoisotopic (exact) mass is 272 g/mol. The number of alkyl halides is 2. The Bertz CT molecular complexity index is 441. The molecule has 0 unspecified atom stereocenters. The van der Waals surface area contributed by atoms with Crippen LogP contribution in [0.4, 0.5) is 8.78 Å². The standard InChI is InChI=1S/C14H18F2O3/c1-14(15,16)11-9-13-12(18-6-3-7-19-13)8-10(11)4-2-5-17/h8-9,17H,2-7H2,1H3. The molecule has 2 rings (SSSR count). The Morgan fingerprint density at radius 2 is 1.84 bits per heavy atom. The van der Waals surface area contributed by atoms with E-state index in [0.717, 1.165) is 13.3 Å². The highest BCUT2D eigenvalue weighted by Crippen LogP contribution is 2.39. The van der Waals surface area contributed by atoms with Crippen LogP contribution in [0, 0.1) is 0 Å². The van der Waals surface area contributed by atoms with Crippen LogP contribution in [0.25, 0.3) is 0 Å². The lowest BCUT2D eigenvalue weighted by Gasteiger charge is -2.19. The van der Waals surface area contributed by atoms with Crippen molar-refractivity contribution in [3.63, 3.8) is 0 Å². The molecule has 1 aliphatic rings. The molecule has 0 bridgehead atoms. The normalized spacial score (nSPS) is 15.2. The quantitative estimate of drug-likeness (QED) is 0.916. The molecule has 0 atom stereocenters. The zero-order valence-electron chi connectivity index (χ0n) is 10.9. The molecule has 0 fully saturated rings. The fourth-order valence-corrected chi connectivity index (χ4v) is 2.14. The fraction of sp³-hybridized carbons (Fsp3) is 0.571. The molecule has 5 heteroatoms. The summed E-state index contributed by atoms with van der Waals surface area (Å²) in [4.78, 5) is 0. The highest BCUT2D eigenvalue weighted by Gasteiger charge is 2.29. The zero-order chi connectivity index (χ0) is 13.9. The second-order valence-electron chi connectivity index (χ2n) is 4.72. The predicted octanol–water partition coefficient (Wildman–Crippen LogP) is 2.88. The molecule has 0 saturated heterocycles. The predicted molar refractivity (Wildman–Crippen MR) is 67.0 cm³/mol. The molecule has 1 aromatic carbocycles. The minimum atomic E-state index is -2.94. The molecule has 0 aliphatic carbocycles. The van der Waals surface area contributed by atoms with Gasteiger partial charge in [-0.3, -0.25) is 0 Å². The maximum Gasteiger partial charge on any atom is 0.270 e. The second kappa shape index (κ2) is 5.74. The first-order valence-corrected chi connectivity index (χ1v) is 6.44. The van der Waals surface area contributed by atoms with Gasteiger partial charge in [-0.1, -0.05) is 0 Å². The van der Waals surface area contributed by atoms with E-state index in [2.05, 4.69) is 0 Å². The van der Waals surface area contributed by atoms with Gasteiger partial charge in [-0.05, 0) is 30.5 Å². The van der Waals surface area contributed by atoms with Gasteiger partial charge < -0.3 is 14.6 Å². The van der Waals surface area contributed by atoms with Crippen LogP contribution >= 0.6 is 0 Å². The van der Waals surface area contributed by atoms with E-state index in [9.17, 15) is 8.78 Å². The van der Waals surface area contributed by atoms with Crippen LogP contribution in [0.3, 0.4) is 0 Å². The van der Waals surface area contributed by atoms with Crippen molar-refractivity contribution in [3.05, 3.63) is 23.3 Å². The highest BCUT2D eigenvalue weighted by atomic mass is 19.3. The average Bonchev–Trinajstić information content (AvgIpc) is 2.58. The van der Waals surface area contributed by atoms with E-state index in [4.69, 9.17) is 14.6 Å². The first-order chi connectivity index (χ1) is 9.02. The number of aliphatic hydroxyl groups excluding tert-OH is 1. The summed E-state index contributed by atoms with van der Waals surface area (Å²) < 4.78 is 38.3. The third-order valence-electron chi connectivity index (χ3n) is 3.05. The van der Waals surface area contributed by atoms with Crippen LogP contribution < -0.4 is 9.47 Å². The molecule has 19 heavy (non-hydrogen) atoms. The first-order valence-electron chi connectivity index (χ1n) is 6.44. The summed E-state index contributed by atoms with van der Waals surface area (Å²) in [5.74, 6) is -2.05. The molecule has 1 heterocycles. The number of aryl methyl sites for hydroxylation is 1. The lowest BCUT2D eigenvalue weighted by molar-refractivity contribution is 0.0162. The van der Waals surface area contributed by atoms with Crippen molar-refractivity contribution in [2.24, 2.45) is 0 Å². The van der Waals surface area contributed by atoms with Crippen LogP contribution in [0.1, 0.15) is 30.9 Å². The van der Waals surface area contributed by atoms with Crippen molar-refractivity contribution in [2.45, 2.75) is 32.1 Å². The molecule has 1 aliphatic heterocycles. The van der Waals surface area contributed by atoms with Gasteiger partial charge in [-0.15, -0.1) is 0 Å². The lowest BCUT2D eigenvalue weighted by Crippen LogP contribution is -2.12. The number of halogens is 2. The smallest absolute Gasteiger partial charge is 0.270 e. The average molecular weight is 272 g/mol. The fourth-order valence-electron chi connectivity index (χ4n) is 2.14. The van der Waals surface area contributed by atoms with Crippen LogP contribution in [-0.4, -0.2) is 24.9 Å². The Morgan fingerprint density at radius 3 is 2.42 bits per heavy atom. The van der Waals surface area contributed by atoms with Crippen molar-refractivity contribution in [3.8, 4) is 11.5 Å². The summed E-state index contributed by atoms with van der Waals surface area (Å²) >= 11 is 0. The topological polar surface area (TPSA) is 38.7 Å². The molecule has 0 aromatic heterocycles. The minimum absolute atomic E-state index is 0.0246. The Kier molecular flexibility index (Phi) is 4.24. The Morgan fingerprint density at radius 1 is 1.21 bits per heavy atom. The molecule has 3 nitrogen and oxygen atoms in total. The third-order valence-corrected chi connectivity index (χ3v) is 3.05. The van der Waals surface area contributed by atoms with E-state index in [1.54, 1.807) is 6.07 Å². The van der Waals surface area contributed by atoms with Gasteiger partial charge in [0.15, 0.2) is 11.5 Å². The number of aliphatic hydroxyl groups is 1. The van der Waals surface area contributed by atoms with Crippen molar-refractivity contribution < 1.29 is 23.4 Å². The molecule has 0 radical (unpaired) electrons. The maximum absolute atomic E-state index is 13.7. The van der Waals surface area contributed by atoms with Crippen molar-refractivity contribution in [1.29, 1.82) is 0 Å². The largest absolute Gasteiger partial charge is 0.490 e. The van der Waals surface area contributed by atoms with Crippen molar-refractivity contribution in [1.82, 2.24) is 0 Å². The number of fused-ring (bicyclic) bond motifs is 1. The number of benzene rings is 1. The van der Waals surface area contributed by atoms with Gasteiger partial charge in [-0.25, -0.2) is 8.78 Å². The zero-order valence-corrected chi connectivity index (χ0v) is 10.9. The summed E-state index contributed by atoms with van der Waals surface area (Å²) in [7, 11) is 0. The molecule has 0 amide bonds. The van der Waals surface area contributed by atoms with Gasteiger partial charge >= 0.3 is 0 Å². The van der Waals surface area contributed by atoms with Gasteiger partial charge in [0.25, 0.3) is 5.92 Å². The maximum atomic E-state index is 13.7. The highest BCUT2D eigenvalue weighted by molar-refractivity contribution is 5.49. The molecule has 1 N–H and O–H groups in total. The first kappa shape index (κ1) is 14.1. The lowest BCUT2D eigenvalue weighted by atomic mass is 9.98. The van der Waals surface area contributed by atoms with Gasteiger partial charge in [0.1, 0.15) is 0 Å². The van der Waals surface area contributed by atoms with Gasteiger partial charge in [0, 0.05) is 25.5 Å². The van der Waals surface area contributed by atoms with Crippen molar-refractivity contribution in [2.75, 3.05) is 19.8 Å². The number of rotatable bonds is 4. The van der Waals surface area contributed by atoms with E-state index in [-0.39, 0.29) is 12.2 Å². The molecule has 0 spiro atoms. The van der Waals surface area contributed by atoms with E-state index < -0.39 is 5.92 Å². The van der Waals surface area contributed by atoms with E-state index in [0.29, 0.717) is 43.1 Å². The second-order valence-corrected chi connectivity index (χ2v) is 4.72. The van der Waals surface area contributed by atoms with Crippen LogP contribution in [0.2, 0.25) is 0 Å². The summed E-state index contributed by atoms with van der Waals surface area (Å²) in [6, 6.07) is 2.98. The number of hydrogen-bond acceptors (Lipinski definition) is 3. The molecular formula is C14H18F2O3. The Labute approximate surface area is 111 Å². The van der Waals surface area contributed by atoms with Crippen molar-refractivity contribution >= 4 is 0 Å². The van der Waals surface area contributed by atoms with Crippen LogP contribution in [0.15, 0.2) is 12.1 Å². The van der Waals surface area contributed by atoms with Crippen LogP contribution in [-0.2, 0) is 12.3 Å².